The molecule has 0 aliphatic heterocycles. The van der Waals surface area contributed by atoms with Crippen LogP contribution in [0.4, 0.5) is 5.13 Å². The Morgan fingerprint density at radius 3 is 2.79 bits per heavy atom. The first-order chi connectivity index (χ1) is 6.49. The van der Waals surface area contributed by atoms with Gasteiger partial charge in [-0.05, 0) is 25.2 Å². The molecule has 1 aromatic rings. The first kappa shape index (κ1) is 10.7. The van der Waals surface area contributed by atoms with Gasteiger partial charge in [-0.3, -0.25) is 9.59 Å². The van der Waals surface area contributed by atoms with Crippen molar-refractivity contribution in [2.24, 2.45) is 0 Å². The van der Waals surface area contributed by atoms with Gasteiger partial charge in [0.2, 0.25) is 11.0 Å². The zero-order valence-electron chi connectivity index (χ0n) is 7.98. The molecule has 0 spiro atoms. The Morgan fingerprint density at radius 1 is 1.71 bits per heavy atom. The molecule has 0 aliphatic rings. The van der Waals surface area contributed by atoms with Gasteiger partial charge in [0.05, 0.1) is 0 Å². The van der Waals surface area contributed by atoms with E-state index in [-0.39, 0.29) is 28.5 Å². The summed E-state index contributed by atoms with van der Waals surface area (Å²) in [7, 11) is 0. The molecule has 1 aromatic heterocycles. The highest BCUT2D eigenvalue weighted by molar-refractivity contribution is 7.12. The predicted octanol–water partition coefficient (Wildman–Crippen LogP) is -0.588. The van der Waals surface area contributed by atoms with E-state index in [9.17, 15) is 9.59 Å². The maximum absolute atomic E-state index is 11.2. The number of hydrogen-bond donors (Lipinski definition) is 2. The van der Waals surface area contributed by atoms with Crippen LogP contribution in [0.15, 0.2) is 4.79 Å². The number of nitrogens with zero attached hydrogens (tertiary/aromatic N) is 2. The minimum atomic E-state index is -0.318. The number of hydrogen-bond acceptors (Lipinski definition) is 5. The number of carbonyl (C=O) groups is 1. The molecule has 14 heavy (non-hydrogen) atoms. The third-order valence-electron chi connectivity index (χ3n) is 1.36. The molecule has 0 atom stereocenters. The van der Waals surface area contributed by atoms with E-state index in [0.717, 1.165) is 16.0 Å². The summed E-state index contributed by atoms with van der Waals surface area (Å²) in [5.41, 5.74) is 5.31. The minimum absolute atomic E-state index is 0.0502. The third kappa shape index (κ3) is 2.84. The van der Waals surface area contributed by atoms with Crippen molar-refractivity contribution in [2.45, 2.75) is 26.4 Å². The van der Waals surface area contributed by atoms with E-state index in [1.54, 1.807) is 0 Å². The number of nitrogens with two attached hydrogens (primary N) is 1. The van der Waals surface area contributed by atoms with Crippen LogP contribution in [0, 0.1) is 0 Å². The fourth-order valence-corrected chi connectivity index (χ4v) is 1.45. The van der Waals surface area contributed by atoms with Gasteiger partial charge in [0.15, 0.2) is 0 Å². The van der Waals surface area contributed by atoms with Crippen molar-refractivity contribution in [3.63, 3.8) is 0 Å². The molecule has 0 saturated carbocycles. The second kappa shape index (κ2) is 4.23. The molecule has 1 amide bonds. The van der Waals surface area contributed by atoms with Gasteiger partial charge in [-0.15, -0.1) is 5.10 Å². The van der Waals surface area contributed by atoms with Gasteiger partial charge in [-0.25, -0.2) is 4.68 Å². The molecule has 1 heterocycles. The van der Waals surface area contributed by atoms with E-state index in [4.69, 9.17) is 5.73 Å². The van der Waals surface area contributed by atoms with Crippen LogP contribution in [-0.4, -0.2) is 21.7 Å². The average Bonchev–Trinajstić information content (AvgIpc) is 2.28. The first-order valence-electron chi connectivity index (χ1n) is 4.12. The lowest BCUT2D eigenvalue weighted by Gasteiger charge is -2.06. The summed E-state index contributed by atoms with van der Waals surface area (Å²) in [6.45, 7) is 3.61. The van der Waals surface area contributed by atoms with E-state index >= 15 is 0 Å². The van der Waals surface area contributed by atoms with E-state index in [0.29, 0.717) is 0 Å². The van der Waals surface area contributed by atoms with Gasteiger partial charge in [0.1, 0.15) is 6.54 Å². The average molecular weight is 216 g/mol. The Balaban J connectivity index is 2.65. The van der Waals surface area contributed by atoms with Gasteiger partial charge in [-0.1, -0.05) is 0 Å². The number of anilines is 1. The maximum atomic E-state index is 11.2. The van der Waals surface area contributed by atoms with Crippen LogP contribution in [0.25, 0.3) is 0 Å². The summed E-state index contributed by atoms with van der Waals surface area (Å²) in [6.07, 6.45) is 0. The molecule has 0 radical (unpaired) electrons. The summed E-state index contributed by atoms with van der Waals surface area (Å²) in [6, 6.07) is 0.0502. The van der Waals surface area contributed by atoms with Crippen molar-refractivity contribution in [3.05, 3.63) is 9.67 Å². The van der Waals surface area contributed by atoms with E-state index in [1.807, 2.05) is 13.8 Å². The zero-order valence-corrected chi connectivity index (χ0v) is 8.80. The molecule has 0 saturated heterocycles. The topological polar surface area (TPSA) is 90.0 Å². The van der Waals surface area contributed by atoms with Crippen LogP contribution >= 0.6 is 11.3 Å². The van der Waals surface area contributed by atoms with Crippen LogP contribution in [-0.2, 0) is 11.3 Å². The normalized spacial score (nSPS) is 10.5. The van der Waals surface area contributed by atoms with Crippen LogP contribution in [0.3, 0.4) is 0 Å². The molecule has 6 nitrogen and oxygen atoms in total. The van der Waals surface area contributed by atoms with Crippen molar-refractivity contribution in [2.75, 3.05) is 5.73 Å². The van der Waals surface area contributed by atoms with Gasteiger partial charge in [-0.2, -0.15) is 0 Å². The van der Waals surface area contributed by atoms with Gasteiger partial charge < -0.3 is 11.1 Å². The fraction of sp³-hybridized carbons (Fsp3) is 0.571. The highest BCUT2D eigenvalue weighted by atomic mass is 32.1. The van der Waals surface area contributed by atoms with Gasteiger partial charge >= 0.3 is 4.87 Å². The number of carbonyl (C=O) groups excluding carboxylic acids is 1. The second-order valence-corrected chi connectivity index (χ2v) is 4.06. The standard InChI is InChI=1S/C7H12N4O2S/c1-4(2)9-5(12)3-11-7(13)14-6(8)10-11/h4H,3H2,1-2H3,(H2,8,10)(H,9,12). The summed E-state index contributed by atoms with van der Waals surface area (Å²) < 4.78 is 1.05. The summed E-state index contributed by atoms with van der Waals surface area (Å²) >= 11 is 0.824. The highest BCUT2D eigenvalue weighted by Gasteiger charge is 2.08. The Labute approximate surface area is 84.7 Å². The zero-order chi connectivity index (χ0) is 10.7. The molecule has 1 rings (SSSR count). The second-order valence-electron chi connectivity index (χ2n) is 3.09. The number of nitrogen functional groups attached to an aromatic ring is 1. The lowest BCUT2D eigenvalue weighted by atomic mass is 10.4. The van der Waals surface area contributed by atoms with Crippen molar-refractivity contribution in [1.82, 2.24) is 15.1 Å². The number of amides is 1. The summed E-state index contributed by atoms with van der Waals surface area (Å²) in [5.74, 6) is -0.243. The van der Waals surface area contributed by atoms with Crippen LogP contribution in [0.1, 0.15) is 13.8 Å². The molecule has 0 aliphatic carbocycles. The fourth-order valence-electron chi connectivity index (χ4n) is 0.926. The largest absolute Gasteiger partial charge is 0.374 e. The van der Waals surface area contributed by atoms with Crippen molar-refractivity contribution < 1.29 is 4.79 Å². The van der Waals surface area contributed by atoms with Crippen LogP contribution in [0.2, 0.25) is 0 Å². The molecule has 3 N–H and O–H groups in total. The summed E-state index contributed by atoms with van der Waals surface area (Å²) in [5, 5.41) is 6.52. The first-order valence-corrected chi connectivity index (χ1v) is 4.93. The SMILES string of the molecule is CC(C)NC(=O)Cn1nc(N)sc1=O. The number of rotatable bonds is 3. The Morgan fingerprint density at radius 2 is 2.36 bits per heavy atom. The van der Waals surface area contributed by atoms with Crippen LogP contribution < -0.4 is 15.9 Å². The number of nitrogens with one attached hydrogen (secondary N) is 1. The Hall–Kier alpha value is -1.37. The molecule has 0 fully saturated rings. The predicted molar refractivity (Wildman–Crippen MR) is 54.1 cm³/mol. The summed E-state index contributed by atoms with van der Waals surface area (Å²) in [4.78, 5) is 22.0. The third-order valence-corrected chi connectivity index (χ3v) is 2.04. The quantitative estimate of drug-likeness (QED) is 0.706. The van der Waals surface area contributed by atoms with E-state index < -0.39 is 0 Å². The monoisotopic (exact) mass is 216 g/mol. The smallest absolute Gasteiger partial charge is 0.327 e. The number of aromatic nitrogens is 2. The molecule has 0 bridgehead atoms. The molecule has 78 valence electrons. The Kier molecular flexibility index (Phi) is 3.23. The van der Waals surface area contributed by atoms with Crippen LogP contribution in [0.5, 0.6) is 0 Å². The Bertz CT molecular complexity index is 381. The van der Waals surface area contributed by atoms with E-state index in [2.05, 4.69) is 10.4 Å². The molecule has 0 aromatic carbocycles. The van der Waals surface area contributed by atoms with E-state index in [1.165, 1.54) is 0 Å². The molecule has 0 unspecified atom stereocenters. The minimum Gasteiger partial charge on any atom is -0.374 e. The lowest BCUT2D eigenvalue weighted by molar-refractivity contribution is -0.122. The molecular weight excluding hydrogens is 204 g/mol. The van der Waals surface area contributed by atoms with Gasteiger partial charge in [0.25, 0.3) is 0 Å². The van der Waals surface area contributed by atoms with Gasteiger partial charge in [0, 0.05) is 6.04 Å². The highest BCUT2D eigenvalue weighted by Crippen LogP contribution is 1.97. The maximum Gasteiger partial charge on any atom is 0.327 e. The van der Waals surface area contributed by atoms with Crippen molar-refractivity contribution >= 4 is 22.4 Å². The molecule has 7 heteroatoms. The molecular formula is C7H12N4O2S. The lowest BCUT2D eigenvalue weighted by Crippen LogP contribution is -2.35. The van der Waals surface area contributed by atoms with Crippen molar-refractivity contribution in [3.8, 4) is 0 Å². The van der Waals surface area contributed by atoms with Crippen molar-refractivity contribution in [1.29, 1.82) is 0 Å².